The molecule has 0 saturated carbocycles. The molecule has 1 aliphatic rings. The van der Waals surface area contributed by atoms with Gasteiger partial charge >= 0.3 is 6.02 Å². The van der Waals surface area contributed by atoms with Gasteiger partial charge in [0.25, 0.3) is 5.69 Å². The Bertz CT molecular complexity index is 432. The predicted octanol–water partition coefficient (Wildman–Crippen LogP) is 0.443. The Balaban J connectivity index is 2.23. The number of nitro groups is 1. The number of rotatable bonds is 2. The van der Waals surface area contributed by atoms with E-state index in [4.69, 9.17) is 10.5 Å². The molecular formula is C8H8N4O3. The summed E-state index contributed by atoms with van der Waals surface area (Å²) in [4.78, 5) is 10.1. The number of nitrogens with zero attached hydrogens (tertiary/aromatic N) is 2. The van der Waals surface area contributed by atoms with Crippen molar-refractivity contribution in [1.82, 2.24) is 5.43 Å². The van der Waals surface area contributed by atoms with Gasteiger partial charge in [-0.1, -0.05) is 12.1 Å². The molecule has 3 N–H and O–H groups in total. The molecule has 0 bridgehead atoms. The molecule has 0 amide bonds. The molecular weight excluding hydrogens is 200 g/mol. The van der Waals surface area contributed by atoms with Gasteiger partial charge < -0.3 is 10.5 Å². The smallest absolute Gasteiger partial charge is 0.306 e. The highest BCUT2D eigenvalue weighted by atomic mass is 16.6. The van der Waals surface area contributed by atoms with Gasteiger partial charge in [-0.15, -0.1) is 5.10 Å². The standard InChI is InChI=1S/C8H8N4O3/c9-8-11-10-7(15-8)5-2-1-3-6(4-5)12(13)14/h1-4,7,10H,(H2,9,11). The van der Waals surface area contributed by atoms with E-state index in [1.807, 2.05) is 0 Å². The number of non-ortho nitro benzene ring substituents is 1. The lowest BCUT2D eigenvalue weighted by Gasteiger charge is -2.09. The number of hydrazone groups is 1. The van der Waals surface area contributed by atoms with Gasteiger partial charge in [-0.25, -0.2) is 0 Å². The maximum absolute atomic E-state index is 10.5. The van der Waals surface area contributed by atoms with E-state index in [2.05, 4.69) is 10.5 Å². The Hall–Kier alpha value is -2.31. The number of ether oxygens (including phenoxy) is 1. The van der Waals surface area contributed by atoms with Crippen molar-refractivity contribution >= 4 is 11.7 Å². The Morgan fingerprint density at radius 3 is 3.00 bits per heavy atom. The quantitative estimate of drug-likeness (QED) is 0.542. The minimum absolute atomic E-state index is 0.00312. The first-order valence-corrected chi connectivity index (χ1v) is 4.16. The molecule has 1 aromatic rings. The van der Waals surface area contributed by atoms with Gasteiger partial charge in [-0.05, 0) is 0 Å². The van der Waals surface area contributed by atoms with Crippen LogP contribution in [0.3, 0.4) is 0 Å². The Morgan fingerprint density at radius 2 is 2.40 bits per heavy atom. The number of nitrogens with two attached hydrogens (primary N) is 1. The van der Waals surface area contributed by atoms with Gasteiger partial charge in [0, 0.05) is 17.7 Å². The topological polar surface area (TPSA) is 103 Å². The third-order valence-electron chi connectivity index (χ3n) is 1.91. The van der Waals surface area contributed by atoms with Crippen LogP contribution in [0.2, 0.25) is 0 Å². The monoisotopic (exact) mass is 208 g/mol. The van der Waals surface area contributed by atoms with Crippen molar-refractivity contribution in [1.29, 1.82) is 0 Å². The molecule has 1 aliphatic heterocycles. The van der Waals surface area contributed by atoms with Gasteiger partial charge in [0.1, 0.15) is 0 Å². The van der Waals surface area contributed by atoms with Crippen LogP contribution in [-0.4, -0.2) is 10.9 Å². The van der Waals surface area contributed by atoms with Crippen LogP contribution in [0, 0.1) is 10.1 Å². The van der Waals surface area contributed by atoms with Crippen molar-refractivity contribution in [2.24, 2.45) is 10.8 Å². The van der Waals surface area contributed by atoms with E-state index in [0.717, 1.165) is 0 Å². The summed E-state index contributed by atoms with van der Waals surface area (Å²) < 4.78 is 5.08. The van der Waals surface area contributed by atoms with Crippen molar-refractivity contribution in [3.63, 3.8) is 0 Å². The summed E-state index contributed by atoms with van der Waals surface area (Å²) in [5.74, 6) is 0. The molecule has 0 aromatic heterocycles. The average Bonchev–Trinajstić information content (AvgIpc) is 2.65. The van der Waals surface area contributed by atoms with E-state index in [9.17, 15) is 10.1 Å². The van der Waals surface area contributed by atoms with Gasteiger partial charge in [0.2, 0.25) is 6.23 Å². The Labute approximate surface area is 84.7 Å². The van der Waals surface area contributed by atoms with Crippen molar-refractivity contribution in [2.75, 3.05) is 0 Å². The SMILES string of the molecule is NC1=NNC(c2cccc([N+](=O)[O-])c2)O1. The van der Waals surface area contributed by atoms with Crippen LogP contribution < -0.4 is 11.2 Å². The van der Waals surface area contributed by atoms with Gasteiger partial charge in [0.05, 0.1) is 4.92 Å². The Morgan fingerprint density at radius 1 is 1.60 bits per heavy atom. The summed E-state index contributed by atoms with van der Waals surface area (Å²) in [7, 11) is 0. The molecule has 0 radical (unpaired) electrons. The number of hydrogen-bond acceptors (Lipinski definition) is 6. The second-order valence-corrected chi connectivity index (χ2v) is 2.93. The zero-order valence-corrected chi connectivity index (χ0v) is 7.58. The van der Waals surface area contributed by atoms with Crippen molar-refractivity contribution < 1.29 is 9.66 Å². The summed E-state index contributed by atoms with van der Waals surface area (Å²) >= 11 is 0. The lowest BCUT2D eigenvalue weighted by atomic mass is 10.2. The zero-order valence-electron chi connectivity index (χ0n) is 7.58. The van der Waals surface area contributed by atoms with Crippen LogP contribution in [0.1, 0.15) is 11.8 Å². The highest BCUT2D eigenvalue weighted by molar-refractivity contribution is 5.72. The van der Waals surface area contributed by atoms with E-state index in [0.29, 0.717) is 5.56 Å². The third kappa shape index (κ3) is 1.80. The molecule has 0 spiro atoms. The van der Waals surface area contributed by atoms with Crippen LogP contribution >= 0.6 is 0 Å². The average molecular weight is 208 g/mol. The lowest BCUT2D eigenvalue weighted by Crippen LogP contribution is -2.15. The molecule has 2 rings (SSSR count). The molecule has 0 saturated heterocycles. The van der Waals surface area contributed by atoms with Gasteiger partial charge in [-0.2, -0.15) is 0 Å². The summed E-state index contributed by atoms with van der Waals surface area (Å²) in [6.07, 6.45) is -0.551. The molecule has 7 heteroatoms. The van der Waals surface area contributed by atoms with Crippen LogP contribution in [0.25, 0.3) is 0 Å². The minimum Gasteiger partial charge on any atom is -0.434 e. The van der Waals surface area contributed by atoms with Crippen molar-refractivity contribution in [2.45, 2.75) is 6.23 Å². The van der Waals surface area contributed by atoms with Crippen LogP contribution in [0.5, 0.6) is 0 Å². The van der Waals surface area contributed by atoms with Crippen molar-refractivity contribution in [3.8, 4) is 0 Å². The molecule has 78 valence electrons. The summed E-state index contributed by atoms with van der Waals surface area (Å²) in [5.41, 5.74) is 8.51. The van der Waals surface area contributed by atoms with E-state index < -0.39 is 11.2 Å². The first-order valence-electron chi connectivity index (χ1n) is 4.16. The van der Waals surface area contributed by atoms with Gasteiger partial charge in [-0.3, -0.25) is 15.5 Å². The van der Waals surface area contributed by atoms with E-state index in [-0.39, 0.29) is 11.7 Å². The maximum Gasteiger partial charge on any atom is 0.306 e. The molecule has 1 heterocycles. The second-order valence-electron chi connectivity index (χ2n) is 2.93. The van der Waals surface area contributed by atoms with E-state index in [1.54, 1.807) is 12.1 Å². The first kappa shape index (κ1) is 9.25. The van der Waals surface area contributed by atoms with Crippen molar-refractivity contribution in [3.05, 3.63) is 39.9 Å². The number of nitro benzene ring substituents is 1. The Kier molecular flexibility index (Phi) is 2.13. The normalized spacial score (nSPS) is 18.9. The molecule has 1 aromatic carbocycles. The molecule has 1 atom stereocenters. The van der Waals surface area contributed by atoms with Crippen LogP contribution in [0.15, 0.2) is 29.4 Å². The summed E-state index contributed by atoms with van der Waals surface area (Å²) in [6.45, 7) is 0. The molecule has 15 heavy (non-hydrogen) atoms. The lowest BCUT2D eigenvalue weighted by molar-refractivity contribution is -0.385. The van der Waals surface area contributed by atoms with Crippen LogP contribution in [-0.2, 0) is 4.74 Å². The molecule has 1 unspecified atom stereocenters. The molecule has 0 fully saturated rings. The van der Waals surface area contributed by atoms with Crippen LogP contribution in [0.4, 0.5) is 5.69 Å². The predicted molar refractivity (Wildman–Crippen MR) is 51.7 cm³/mol. The summed E-state index contributed by atoms with van der Waals surface area (Å²) in [5, 5.41) is 14.1. The van der Waals surface area contributed by atoms with Gasteiger partial charge in [0.15, 0.2) is 0 Å². The first-order chi connectivity index (χ1) is 7.16. The third-order valence-corrected chi connectivity index (χ3v) is 1.91. The number of amidine groups is 1. The minimum atomic E-state index is -0.551. The molecule has 7 nitrogen and oxygen atoms in total. The van der Waals surface area contributed by atoms with E-state index >= 15 is 0 Å². The number of hydrogen-bond donors (Lipinski definition) is 2. The maximum atomic E-state index is 10.5. The fourth-order valence-corrected chi connectivity index (χ4v) is 1.24. The summed E-state index contributed by atoms with van der Waals surface area (Å²) in [6, 6.07) is 6.10. The number of benzene rings is 1. The fourth-order valence-electron chi connectivity index (χ4n) is 1.24. The highest BCUT2D eigenvalue weighted by Gasteiger charge is 2.20. The molecule has 0 aliphatic carbocycles. The largest absolute Gasteiger partial charge is 0.434 e. The second kappa shape index (κ2) is 3.45. The highest BCUT2D eigenvalue weighted by Crippen LogP contribution is 2.21. The number of nitrogens with one attached hydrogen (secondary N) is 1. The zero-order chi connectivity index (χ0) is 10.8. The fraction of sp³-hybridized carbons (Fsp3) is 0.125. The van der Waals surface area contributed by atoms with E-state index in [1.165, 1.54) is 12.1 Å².